The summed E-state index contributed by atoms with van der Waals surface area (Å²) in [5.41, 5.74) is -1.39. The number of carbonyl (C=O) groups is 1. The Hall–Kier alpha value is -2.60. The van der Waals surface area contributed by atoms with E-state index in [0.717, 1.165) is 5.76 Å². The van der Waals surface area contributed by atoms with Gasteiger partial charge in [-0.3, -0.25) is 4.90 Å². The largest absolute Gasteiger partial charge is 0.478 e. The van der Waals surface area contributed by atoms with Crippen molar-refractivity contribution in [2.24, 2.45) is 0 Å². The zero-order valence-corrected chi connectivity index (χ0v) is 13.7. The minimum absolute atomic E-state index is 0.0175. The summed E-state index contributed by atoms with van der Waals surface area (Å²) < 4.78 is 24.6. The SMILES string of the molecule is O=C(O)C1(Oc2ccccc2F)CCN(C/C=C/c2ccco2)CC1. The summed E-state index contributed by atoms with van der Waals surface area (Å²) in [6.45, 7) is 1.81. The van der Waals surface area contributed by atoms with Crippen LogP contribution in [0.4, 0.5) is 4.39 Å². The summed E-state index contributed by atoms with van der Waals surface area (Å²) in [5.74, 6) is -0.843. The second-order valence-corrected chi connectivity index (χ2v) is 6.05. The van der Waals surface area contributed by atoms with Crippen molar-refractivity contribution in [1.82, 2.24) is 4.90 Å². The Morgan fingerprint density at radius 3 is 2.68 bits per heavy atom. The molecule has 0 radical (unpaired) electrons. The zero-order chi connectivity index (χ0) is 17.7. The van der Waals surface area contributed by atoms with Crippen LogP contribution in [0.1, 0.15) is 18.6 Å². The van der Waals surface area contributed by atoms with Crippen LogP contribution < -0.4 is 4.74 Å². The molecule has 2 heterocycles. The first-order valence-corrected chi connectivity index (χ1v) is 8.18. The molecule has 25 heavy (non-hydrogen) atoms. The highest BCUT2D eigenvalue weighted by molar-refractivity contribution is 5.78. The van der Waals surface area contributed by atoms with Crippen molar-refractivity contribution < 1.29 is 23.4 Å². The highest BCUT2D eigenvalue weighted by atomic mass is 19.1. The molecule has 1 aromatic heterocycles. The number of furan rings is 1. The average molecular weight is 345 g/mol. The van der Waals surface area contributed by atoms with Gasteiger partial charge in [-0.2, -0.15) is 0 Å². The second-order valence-electron chi connectivity index (χ2n) is 6.05. The molecular weight excluding hydrogens is 325 g/mol. The third-order valence-corrected chi connectivity index (χ3v) is 4.38. The van der Waals surface area contributed by atoms with Gasteiger partial charge in [-0.25, -0.2) is 9.18 Å². The topological polar surface area (TPSA) is 62.9 Å². The summed E-state index contributed by atoms with van der Waals surface area (Å²) in [4.78, 5) is 13.9. The molecule has 6 heteroatoms. The standard InChI is InChI=1S/C19H20FNO4/c20-16-7-1-2-8-17(16)25-19(18(22)23)9-12-21(13-10-19)11-3-5-15-6-4-14-24-15/h1-8,14H,9-13H2,(H,22,23)/b5-3+. The van der Waals surface area contributed by atoms with E-state index in [0.29, 0.717) is 32.5 Å². The molecule has 0 amide bonds. The Bertz CT molecular complexity index is 734. The zero-order valence-electron chi connectivity index (χ0n) is 13.7. The van der Waals surface area contributed by atoms with Crippen LogP contribution in [0.15, 0.2) is 53.2 Å². The molecule has 1 saturated heterocycles. The van der Waals surface area contributed by atoms with E-state index in [1.165, 1.54) is 12.1 Å². The minimum Gasteiger partial charge on any atom is -0.478 e. The van der Waals surface area contributed by atoms with Gasteiger partial charge in [0.2, 0.25) is 5.60 Å². The molecule has 1 fully saturated rings. The summed E-state index contributed by atoms with van der Waals surface area (Å²) in [6.07, 6.45) is 6.07. The number of piperidine rings is 1. The van der Waals surface area contributed by atoms with Crippen molar-refractivity contribution in [2.75, 3.05) is 19.6 Å². The minimum atomic E-state index is -1.39. The number of carboxylic acids is 1. The van der Waals surface area contributed by atoms with E-state index >= 15 is 0 Å². The number of hydrogen-bond donors (Lipinski definition) is 1. The fourth-order valence-corrected chi connectivity index (χ4v) is 2.90. The van der Waals surface area contributed by atoms with Gasteiger partial charge in [0.05, 0.1) is 6.26 Å². The number of nitrogens with zero attached hydrogens (tertiary/aromatic N) is 1. The molecular formula is C19H20FNO4. The molecule has 0 unspecified atom stereocenters. The lowest BCUT2D eigenvalue weighted by molar-refractivity contribution is -0.159. The predicted octanol–water partition coefficient (Wildman–Crippen LogP) is 3.43. The smallest absolute Gasteiger partial charge is 0.348 e. The number of rotatable bonds is 6. The lowest BCUT2D eigenvalue weighted by Gasteiger charge is -2.38. The van der Waals surface area contributed by atoms with E-state index in [1.807, 2.05) is 24.3 Å². The van der Waals surface area contributed by atoms with Gasteiger partial charge in [0.25, 0.3) is 0 Å². The van der Waals surface area contributed by atoms with E-state index < -0.39 is 17.4 Å². The van der Waals surface area contributed by atoms with Gasteiger partial charge in [0, 0.05) is 32.5 Å². The number of para-hydroxylation sites is 1. The summed E-state index contributed by atoms with van der Waals surface area (Å²) in [5, 5.41) is 9.64. The molecule has 0 bridgehead atoms. The van der Waals surface area contributed by atoms with Gasteiger partial charge in [0.1, 0.15) is 5.76 Å². The number of ether oxygens (including phenoxy) is 1. The van der Waals surface area contributed by atoms with Crippen molar-refractivity contribution in [3.8, 4) is 5.75 Å². The maximum Gasteiger partial charge on any atom is 0.348 e. The quantitative estimate of drug-likeness (QED) is 0.869. The number of benzene rings is 1. The number of carboxylic acid groups (broad SMARTS) is 1. The van der Waals surface area contributed by atoms with Crippen LogP contribution in [0.25, 0.3) is 6.08 Å². The van der Waals surface area contributed by atoms with E-state index in [9.17, 15) is 14.3 Å². The van der Waals surface area contributed by atoms with Crippen molar-refractivity contribution in [1.29, 1.82) is 0 Å². The van der Waals surface area contributed by atoms with Gasteiger partial charge < -0.3 is 14.3 Å². The molecule has 0 aliphatic carbocycles. The Balaban J connectivity index is 1.61. The monoisotopic (exact) mass is 345 g/mol. The Morgan fingerprint density at radius 1 is 1.28 bits per heavy atom. The number of hydrogen-bond acceptors (Lipinski definition) is 4. The molecule has 0 atom stereocenters. The van der Waals surface area contributed by atoms with Crippen molar-refractivity contribution >= 4 is 12.0 Å². The molecule has 1 N–H and O–H groups in total. The first kappa shape index (κ1) is 17.2. The third-order valence-electron chi connectivity index (χ3n) is 4.38. The van der Waals surface area contributed by atoms with Gasteiger partial charge in [0.15, 0.2) is 11.6 Å². The number of likely N-dealkylation sites (tertiary alicyclic amines) is 1. The molecule has 132 valence electrons. The molecule has 5 nitrogen and oxygen atoms in total. The molecule has 2 aromatic rings. The van der Waals surface area contributed by atoms with Gasteiger partial charge in [-0.05, 0) is 30.3 Å². The molecule has 1 aliphatic heterocycles. The highest BCUT2D eigenvalue weighted by Gasteiger charge is 2.44. The van der Waals surface area contributed by atoms with E-state index in [4.69, 9.17) is 9.15 Å². The number of halogens is 1. The first-order valence-electron chi connectivity index (χ1n) is 8.18. The van der Waals surface area contributed by atoms with Crippen LogP contribution in [0.2, 0.25) is 0 Å². The molecule has 1 aromatic carbocycles. The van der Waals surface area contributed by atoms with Crippen LogP contribution >= 0.6 is 0 Å². The van der Waals surface area contributed by atoms with Crippen LogP contribution in [0.3, 0.4) is 0 Å². The fraction of sp³-hybridized carbons (Fsp3) is 0.316. The predicted molar refractivity (Wildman–Crippen MR) is 90.8 cm³/mol. The molecule has 0 saturated carbocycles. The Labute approximate surface area is 145 Å². The van der Waals surface area contributed by atoms with Crippen LogP contribution in [-0.2, 0) is 4.79 Å². The third kappa shape index (κ3) is 4.09. The van der Waals surface area contributed by atoms with E-state index in [-0.39, 0.29) is 5.75 Å². The van der Waals surface area contributed by atoms with Crippen molar-refractivity contribution in [3.63, 3.8) is 0 Å². The van der Waals surface area contributed by atoms with E-state index in [2.05, 4.69) is 4.90 Å². The summed E-state index contributed by atoms with van der Waals surface area (Å²) in [6, 6.07) is 9.58. The molecule has 3 rings (SSSR count). The lowest BCUT2D eigenvalue weighted by atomic mass is 9.91. The lowest BCUT2D eigenvalue weighted by Crippen LogP contribution is -2.53. The van der Waals surface area contributed by atoms with Crippen LogP contribution in [0.5, 0.6) is 5.75 Å². The second kappa shape index (κ2) is 7.53. The van der Waals surface area contributed by atoms with E-state index in [1.54, 1.807) is 18.4 Å². The maximum absolute atomic E-state index is 13.8. The highest BCUT2D eigenvalue weighted by Crippen LogP contribution is 2.30. The molecule has 1 aliphatic rings. The van der Waals surface area contributed by atoms with Gasteiger partial charge >= 0.3 is 5.97 Å². The Kier molecular flexibility index (Phi) is 5.19. The van der Waals surface area contributed by atoms with Crippen molar-refractivity contribution in [2.45, 2.75) is 18.4 Å². The first-order chi connectivity index (χ1) is 12.1. The average Bonchev–Trinajstić information content (AvgIpc) is 3.12. The van der Waals surface area contributed by atoms with Crippen LogP contribution in [0, 0.1) is 5.82 Å². The molecule has 0 spiro atoms. The normalized spacial score (nSPS) is 17.6. The van der Waals surface area contributed by atoms with Crippen molar-refractivity contribution in [3.05, 3.63) is 60.3 Å². The Morgan fingerprint density at radius 2 is 2.04 bits per heavy atom. The van der Waals surface area contributed by atoms with Gasteiger partial charge in [-0.15, -0.1) is 0 Å². The van der Waals surface area contributed by atoms with Crippen LogP contribution in [-0.4, -0.2) is 41.2 Å². The van der Waals surface area contributed by atoms with Gasteiger partial charge in [-0.1, -0.05) is 18.2 Å². The fourth-order valence-electron chi connectivity index (χ4n) is 2.90. The summed E-state index contributed by atoms with van der Waals surface area (Å²) in [7, 11) is 0. The number of aliphatic carboxylic acids is 1. The summed E-state index contributed by atoms with van der Waals surface area (Å²) >= 11 is 0. The maximum atomic E-state index is 13.8.